The number of nitrogens with one attached hydrogen (secondary N) is 2. The second-order valence-electron chi connectivity index (χ2n) is 7.05. The van der Waals surface area contributed by atoms with Crippen molar-refractivity contribution < 1.29 is 19.1 Å². The van der Waals surface area contributed by atoms with E-state index in [9.17, 15) is 14.4 Å². The highest BCUT2D eigenvalue weighted by molar-refractivity contribution is 7.18. The van der Waals surface area contributed by atoms with Crippen molar-refractivity contribution in [1.82, 2.24) is 15.2 Å². The molecule has 29 heavy (non-hydrogen) atoms. The summed E-state index contributed by atoms with van der Waals surface area (Å²) in [7, 11) is 0. The molecule has 152 valence electrons. The van der Waals surface area contributed by atoms with Gasteiger partial charge < -0.3 is 26.0 Å². The molecule has 2 aliphatic heterocycles. The number of ether oxygens (including phenoxy) is 1. The lowest BCUT2D eigenvalue weighted by molar-refractivity contribution is -0.133. The molecule has 4 N–H and O–H groups in total. The number of hydrogen-bond donors (Lipinski definition) is 3. The number of pyridine rings is 1. The summed E-state index contributed by atoms with van der Waals surface area (Å²) in [6, 6.07) is 5.82. The van der Waals surface area contributed by atoms with Crippen molar-refractivity contribution in [2.45, 2.75) is 24.9 Å². The summed E-state index contributed by atoms with van der Waals surface area (Å²) >= 11 is 1.44. The van der Waals surface area contributed by atoms with Crippen molar-refractivity contribution in [1.29, 1.82) is 0 Å². The predicted octanol–water partition coefficient (Wildman–Crippen LogP) is 1.77. The maximum absolute atomic E-state index is 12.7. The molecule has 0 aromatic carbocycles. The van der Waals surface area contributed by atoms with Crippen LogP contribution in [0.25, 0.3) is 10.4 Å². The van der Waals surface area contributed by atoms with Crippen molar-refractivity contribution >= 4 is 34.9 Å². The summed E-state index contributed by atoms with van der Waals surface area (Å²) in [5.74, 6) is -0.196. The summed E-state index contributed by atoms with van der Waals surface area (Å²) in [4.78, 5) is 43.0. The van der Waals surface area contributed by atoms with Crippen LogP contribution in [0.3, 0.4) is 0 Å². The first-order chi connectivity index (χ1) is 14.0. The van der Waals surface area contributed by atoms with E-state index in [1.807, 2.05) is 18.2 Å². The Kier molecular flexibility index (Phi) is 5.10. The Morgan fingerprint density at radius 2 is 1.97 bits per heavy atom. The highest BCUT2D eigenvalue weighted by Gasteiger charge is 2.41. The number of thiophene rings is 1. The average Bonchev–Trinajstić information content (AvgIpc) is 3.13. The SMILES string of the molecule is NC(=O)OCCC(=O)N1CCC2(CC1)NC(=O)c1sc(-c3ccncc3)cc1N2. The van der Waals surface area contributed by atoms with Crippen LogP contribution in [-0.2, 0) is 9.53 Å². The van der Waals surface area contributed by atoms with E-state index < -0.39 is 11.8 Å². The summed E-state index contributed by atoms with van der Waals surface area (Å²) in [5.41, 5.74) is 6.17. The van der Waals surface area contributed by atoms with Gasteiger partial charge in [-0.15, -0.1) is 11.3 Å². The molecule has 2 aromatic heterocycles. The van der Waals surface area contributed by atoms with Gasteiger partial charge in [0, 0.05) is 43.2 Å². The van der Waals surface area contributed by atoms with Crippen LogP contribution < -0.4 is 16.4 Å². The van der Waals surface area contributed by atoms with Gasteiger partial charge in [0.25, 0.3) is 5.91 Å². The van der Waals surface area contributed by atoms with Crippen molar-refractivity contribution in [2.24, 2.45) is 5.73 Å². The summed E-state index contributed by atoms with van der Waals surface area (Å²) in [5, 5.41) is 6.58. The van der Waals surface area contributed by atoms with E-state index in [0.717, 1.165) is 16.1 Å². The molecular formula is C19H21N5O4S. The first kappa shape index (κ1) is 19.2. The number of aromatic nitrogens is 1. The van der Waals surface area contributed by atoms with Crippen molar-refractivity contribution in [3.63, 3.8) is 0 Å². The minimum Gasteiger partial charge on any atom is -0.449 e. The van der Waals surface area contributed by atoms with Gasteiger partial charge in [0.05, 0.1) is 12.1 Å². The second kappa shape index (κ2) is 7.70. The van der Waals surface area contributed by atoms with Crippen molar-refractivity contribution in [3.8, 4) is 10.4 Å². The lowest BCUT2D eigenvalue weighted by Gasteiger charge is -2.45. The Labute approximate surface area is 171 Å². The Hall–Kier alpha value is -3.14. The number of piperidine rings is 1. The standard InChI is InChI=1S/C19H21N5O4S/c20-18(27)28-10-3-15(25)24-8-4-19(5-9-24)22-13-11-14(12-1-6-21-7-2-12)29-16(13)17(26)23-19/h1-2,6-7,11,22H,3-5,8-10H2,(H2,20,27)(H,23,26). The molecule has 3 amide bonds. The van der Waals surface area contributed by atoms with Crippen LogP contribution in [0.1, 0.15) is 28.9 Å². The van der Waals surface area contributed by atoms with Crippen LogP contribution in [0.15, 0.2) is 30.6 Å². The molecule has 0 saturated carbocycles. The highest BCUT2D eigenvalue weighted by atomic mass is 32.1. The van der Waals surface area contributed by atoms with Crippen molar-refractivity contribution in [2.75, 3.05) is 25.0 Å². The van der Waals surface area contributed by atoms with E-state index in [4.69, 9.17) is 5.73 Å². The molecule has 0 bridgehead atoms. The molecule has 4 heterocycles. The van der Waals surface area contributed by atoms with Crippen LogP contribution in [0.2, 0.25) is 0 Å². The van der Waals surface area contributed by atoms with E-state index in [0.29, 0.717) is 30.8 Å². The Morgan fingerprint density at radius 1 is 1.24 bits per heavy atom. The number of carbonyl (C=O) groups is 3. The van der Waals surface area contributed by atoms with Crippen molar-refractivity contribution in [3.05, 3.63) is 35.5 Å². The molecule has 0 radical (unpaired) electrons. The fraction of sp³-hybridized carbons (Fsp3) is 0.368. The van der Waals surface area contributed by atoms with Gasteiger partial charge in [0.2, 0.25) is 5.91 Å². The van der Waals surface area contributed by atoms with E-state index in [-0.39, 0.29) is 24.8 Å². The number of likely N-dealkylation sites (tertiary alicyclic amines) is 1. The zero-order valence-corrected chi connectivity index (χ0v) is 16.5. The monoisotopic (exact) mass is 415 g/mol. The number of fused-ring (bicyclic) bond motifs is 1. The smallest absolute Gasteiger partial charge is 0.404 e. The number of anilines is 1. The zero-order valence-electron chi connectivity index (χ0n) is 15.6. The normalized spacial score (nSPS) is 17.2. The first-order valence-electron chi connectivity index (χ1n) is 9.31. The number of carbonyl (C=O) groups excluding carboxylic acids is 3. The fourth-order valence-corrected chi connectivity index (χ4v) is 4.67. The van der Waals surface area contributed by atoms with Crippen LogP contribution >= 0.6 is 11.3 Å². The molecule has 1 fully saturated rings. The van der Waals surface area contributed by atoms with Gasteiger partial charge in [0.15, 0.2) is 0 Å². The molecule has 10 heteroatoms. The van der Waals surface area contributed by atoms with Crippen LogP contribution in [0.5, 0.6) is 0 Å². The number of amides is 3. The molecular weight excluding hydrogens is 394 g/mol. The zero-order chi connectivity index (χ0) is 20.4. The molecule has 1 spiro atoms. The number of nitrogens with two attached hydrogens (primary N) is 1. The molecule has 4 rings (SSSR count). The summed E-state index contributed by atoms with van der Waals surface area (Å²) in [6.07, 6.45) is 3.83. The fourth-order valence-electron chi connectivity index (χ4n) is 3.66. The van der Waals surface area contributed by atoms with E-state index in [2.05, 4.69) is 20.4 Å². The third-order valence-corrected chi connectivity index (χ3v) is 6.34. The van der Waals surface area contributed by atoms with E-state index in [1.54, 1.807) is 17.3 Å². The minimum atomic E-state index is -0.887. The van der Waals surface area contributed by atoms with Crippen LogP contribution in [-0.4, -0.2) is 53.2 Å². The van der Waals surface area contributed by atoms with Gasteiger partial charge in [0.1, 0.15) is 17.1 Å². The molecule has 0 aliphatic carbocycles. The quantitative estimate of drug-likeness (QED) is 0.699. The van der Waals surface area contributed by atoms with Gasteiger partial charge in [-0.1, -0.05) is 0 Å². The largest absolute Gasteiger partial charge is 0.449 e. The van der Waals surface area contributed by atoms with Gasteiger partial charge in [-0.05, 0) is 23.8 Å². The van der Waals surface area contributed by atoms with Crippen LogP contribution in [0.4, 0.5) is 10.5 Å². The molecule has 2 aliphatic rings. The number of hydrogen-bond acceptors (Lipinski definition) is 7. The lowest BCUT2D eigenvalue weighted by Crippen LogP contribution is -2.62. The lowest BCUT2D eigenvalue weighted by atomic mass is 9.94. The second-order valence-corrected chi connectivity index (χ2v) is 8.10. The van der Waals surface area contributed by atoms with Gasteiger partial charge in [-0.3, -0.25) is 14.6 Å². The van der Waals surface area contributed by atoms with Crippen LogP contribution in [0, 0.1) is 0 Å². The summed E-state index contributed by atoms with van der Waals surface area (Å²) < 4.78 is 4.62. The third kappa shape index (κ3) is 4.02. The first-order valence-corrected chi connectivity index (χ1v) is 10.1. The third-order valence-electron chi connectivity index (χ3n) is 5.16. The Morgan fingerprint density at radius 3 is 2.66 bits per heavy atom. The predicted molar refractivity (Wildman–Crippen MR) is 107 cm³/mol. The molecule has 9 nitrogen and oxygen atoms in total. The molecule has 0 atom stereocenters. The topological polar surface area (TPSA) is 127 Å². The number of nitrogens with zero attached hydrogens (tertiary/aromatic N) is 2. The minimum absolute atomic E-state index is 0.0269. The Balaban J connectivity index is 1.42. The maximum atomic E-state index is 12.7. The highest BCUT2D eigenvalue weighted by Crippen LogP contribution is 2.40. The average molecular weight is 415 g/mol. The van der Waals surface area contributed by atoms with Gasteiger partial charge in [-0.2, -0.15) is 0 Å². The van der Waals surface area contributed by atoms with E-state index in [1.165, 1.54) is 11.3 Å². The molecule has 1 saturated heterocycles. The van der Waals surface area contributed by atoms with Gasteiger partial charge >= 0.3 is 6.09 Å². The van der Waals surface area contributed by atoms with E-state index >= 15 is 0 Å². The van der Waals surface area contributed by atoms with Gasteiger partial charge in [-0.25, -0.2) is 4.79 Å². The number of rotatable bonds is 4. The molecule has 2 aromatic rings. The Bertz CT molecular complexity index is 937. The molecule has 0 unspecified atom stereocenters. The number of primary amides is 1. The summed E-state index contributed by atoms with van der Waals surface area (Å²) in [6.45, 7) is 0.972. The maximum Gasteiger partial charge on any atom is 0.404 e.